The largest absolute Gasteiger partial charge is 0.394 e. The van der Waals surface area contributed by atoms with Crippen molar-refractivity contribution in [2.75, 3.05) is 13.2 Å². The van der Waals surface area contributed by atoms with E-state index in [2.05, 4.69) is 12.2 Å². The molecule has 1 heterocycles. The van der Waals surface area contributed by atoms with Crippen molar-refractivity contribution in [3.05, 3.63) is 0 Å². The van der Waals surface area contributed by atoms with Gasteiger partial charge in [-0.15, -0.1) is 0 Å². The molecule has 1 saturated heterocycles. The second-order valence-corrected chi connectivity index (χ2v) is 13.9. The quantitative estimate of drug-likeness (QED) is 0.0475. The maximum Gasteiger partial charge on any atom is 0.220 e. The summed E-state index contributed by atoms with van der Waals surface area (Å²) in [5.74, 6) is -0.270. The van der Waals surface area contributed by atoms with Crippen molar-refractivity contribution in [1.29, 1.82) is 0 Å². The Labute approximate surface area is 286 Å². The minimum absolute atomic E-state index is 0.270. The molecule has 0 aromatic heterocycles. The highest BCUT2D eigenvalue weighted by molar-refractivity contribution is 5.76. The number of carbonyl (C=O) groups is 1. The van der Waals surface area contributed by atoms with E-state index in [-0.39, 0.29) is 18.9 Å². The van der Waals surface area contributed by atoms with Gasteiger partial charge >= 0.3 is 0 Å². The Kier molecular flexibility index (Phi) is 27.2. The highest BCUT2D eigenvalue weighted by Crippen LogP contribution is 2.23. The number of unbranched alkanes of at least 4 members (excludes halogenated alkanes) is 20. The van der Waals surface area contributed by atoms with Crippen LogP contribution in [0.1, 0.15) is 168 Å². The first kappa shape index (κ1) is 44.2. The Bertz CT molecular complexity index is 728. The highest BCUT2D eigenvalue weighted by atomic mass is 16.7. The van der Waals surface area contributed by atoms with Crippen molar-refractivity contribution < 1.29 is 44.9 Å². The van der Waals surface area contributed by atoms with Gasteiger partial charge in [-0.1, -0.05) is 149 Å². The predicted octanol–water partition coefficient (Wildman–Crippen LogP) is 5.41. The van der Waals surface area contributed by atoms with Gasteiger partial charge in [0.1, 0.15) is 30.5 Å². The van der Waals surface area contributed by atoms with Gasteiger partial charge < -0.3 is 45.4 Å². The first-order valence-electron chi connectivity index (χ1n) is 19.3. The molecule has 280 valence electrons. The number of hydrogen-bond acceptors (Lipinski definition) is 9. The zero-order valence-electron chi connectivity index (χ0n) is 29.9. The van der Waals surface area contributed by atoms with Gasteiger partial charge in [-0.3, -0.25) is 4.79 Å². The third-order valence-electron chi connectivity index (χ3n) is 9.53. The Balaban J connectivity index is 2.14. The molecule has 1 aliphatic heterocycles. The van der Waals surface area contributed by atoms with Crippen LogP contribution in [0.5, 0.6) is 0 Å². The highest BCUT2D eigenvalue weighted by Gasteiger charge is 2.44. The van der Waals surface area contributed by atoms with Gasteiger partial charge in [-0.05, 0) is 12.8 Å². The molecule has 1 rings (SSSR count). The first-order valence-corrected chi connectivity index (χ1v) is 19.3. The van der Waals surface area contributed by atoms with Crippen LogP contribution >= 0.6 is 0 Å². The van der Waals surface area contributed by atoms with Crippen LogP contribution < -0.4 is 5.32 Å². The Morgan fingerprint density at radius 3 is 1.53 bits per heavy atom. The number of aliphatic hydroxyl groups is 6. The van der Waals surface area contributed by atoms with E-state index in [1.165, 1.54) is 109 Å². The standard InChI is InChI=1S/C37H73NO9/c1-3-5-6-7-8-9-10-11-12-13-14-15-16-17-18-19-20-21-22-23-24-26-32(41)38-29(33(42)30(40)25-4-2)28-46-37-36(45)35(44)34(43)31(27-39)47-37/h29-31,33-37,39-40,42-45H,3-28H2,1-2H3,(H,38,41)/t29-,30+,31+,33-,34-,35-,36+,37-/m0/s1. The summed E-state index contributed by atoms with van der Waals surface area (Å²) in [5.41, 5.74) is 0. The molecule has 1 aliphatic rings. The van der Waals surface area contributed by atoms with Crippen LogP contribution in [0.3, 0.4) is 0 Å². The molecule has 1 amide bonds. The summed E-state index contributed by atoms with van der Waals surface area (Å²) in [4.78, 5) is 12.7. The lowest BCUT2D eigenvalue weighted by Crippen LogP contribution is -2.60. The molecule has 10 heteroatoms. The Morgan fingerprint density at radius 1 is 0.660 bits per heavy atom. The summed E-state index contributed by atoms with van der Waals surface area (Å²) in [6.45, 7) is 3.24. The van der Waals surface area contributed by atoms with Crippen molar-refractivity contribution in [3.8, 4) is 0 Å². The summed E-state index contributed by atoms with van der Waals surface area (Å²) >= 11 is 0. The number of nitrogens with one attached hydrogen (secondary N) is 1. The Morgan fingerprint density at radius 2 is 1.11 bits per heavy atom. The zero-order valence-corrected chi connectivity index (χ0v) is 29.9. The number of amides is 1. The van der Waals surface area contributed by atoms with Gasteiger partial charge in [0.15, 0.2) is 6.29 Å². The molecule has 0 radical (unpaired) electrons. The lowest BCUT2D eigenvalue weighted by Gasteiger charge is -2.40. The van der Waals surface area contributed by atoms with E-state index in [0.717, 1.165) is 25.7 Å². The van der Waals surface area contributed by atoms with Crippen LogP contribution in [0.15, 0.2) is 0 Å². The topological polar surface area (TPSA) is 169 Å². The number of aliphatic hydroxyl groups excluding tert-OH is 6. The number of carbonyl (C=O) groups excluding carboxylic acids is 1. The third kappa shape index (κ3) is 20.4. The molecule has 8 atom stereocenters. The summed E-state index contributed by atoms with van der Waals surface area (Å²) in [5, 5.41) is 63.4. The van der Waals surface area contributed by atoms with Crippen molar-refractivity contribution in [2.24, 2.45) is 0 Å². The van der Waals surface area contributed by atoms with Crippen LogP contribution in [-0.4, -0.2) is 98.7 Å². The lowest BCUT2D eigenvalue weighted by molar-refractivity contribution is -0.303. The minimum atomic E-state index is -1.60. The molecule has 47 heavy (non-hydrogen) atoms. The second-order valence-electron chi connectivity index (χ2n) is 13.9. The third-order valence-corrected chi connectivity index (χ3v) is 9.53. The number of hydrogen-bond donors (Lipinski definition) is 7. The van der Waals surface area contributed by atoms with Crippen LogP contribution in [0.25, 0.3) is 0 Å². The minimum Gasteiger partial charge on any atom is -0.394 e. The van der Waals surface area contributed by atoms with Gasteiger partial charge in [-0.25, -0.2) is 0 Å². The van der Waals surface area contributed by atoms with E-state index < -0.39 is 55.6 Å². The van der Waals surface area contributed by atoms with Crippen LogP contribution in [0.2, 0.25) is 0 Å². The molecule has 0 aliphatic carbocycles. The van der Waals surface area contributed by atoms with Gasteiger partial charge in [0.2, 0.25) is 5.91 Å². The molecule has 0 bridgehead atoms. The molecule has 7 N–H and O–H groups in total. The predicted molar refractivity (Wildman–Crippen MR) is 186 cm³/mol. The van der Waals surface area contributed by atoms with Crippen LogP contribution in [-0.2, 0) is 14.3 Å². The second kappa shape index (κ2) is 28.9. The van der Waals surface area contributed by atoms with Crippen molar-refractivity contribution in [1.82, 2.24) is 5.32 Å². The molecular formula is C37H73NO9. The summed E-state index contributed by atoms with van der Waals surface area (Å²) in [6, 6.07) is -0.980. The van der Waals surface area contributed by atoms with Gasteiger partial charge in [0.25, 0.3) is 0 Å². The molecule has 1 fully saturated rings. The van der Waals surface area contributed by atoms with Crippen molar-refractivity contribution in [2.45, 2.75) is 217 Å². The van der Waals surface area contributed by atoms with Crippen LogP contribution in [0.4, 0.5) is 0 Å². The van der Waals surface area contributed by atoms with Crippen molar-refractivity contribution in [3.63, 3.8) is 0 Å². The summed E-state index contributed by atoms with van der Waals surface area (Å²) < 4.78 is 10.9. The van der Waals surface area contributed by atoms with E-state index in [9.17, 15) is 35.4 Å². The van der Waals surface area contributed by atoms with E-state index in [0.29, 0.717) is 12.8 Å². The molecule has 0 saturated carbocycles. The van der Waals surface area contributed by atoms with Gasteiger partial charge in [0, 0.05) is 6.42 Å². The average molecular weight is 676 g/mol. The SMILES string of the molecule is CCCCCCCCCCCCCCCCCCCCCCCC(=O)N[C@@H](CO[C@H]1O[C@H](CO)[C@H](O)[C@H](O)[C@H]1O)[C@H](O)[C@H](O)CCC. The summed E-state index contributed by atoms with van der Waals surface area (Å²) in [6.07, 6.45) is 18.8. The monoisotopic (exact) mass is 676 g/mol. The zero-order chi connectivity index (χ0) is 34.7. The summed E-state index contributed by atoms with van der Waals surface area (Å²) in [7, 11) is 0. The molecule has 0 spiro atoms. The van der Waals surface area contributed by atoms with Crippen LogP contribution in [0, 0.1) is 0 Å². The molecule has 0 aromatic carbocycles. The lowest BCUT2D eigenvalue weighted by atomic mass is 9.99. The van der Waals surface area contributed by atoms with E-state index in [1.54, 1.807) is 0 Å². The maximum atomic E-state index is 12.7. The van der Waals surface area contributed by atoms with E-state index >= 15 is 0 Å². The molecule has 10 nitrogen and oxygen atoms in total. The number of rotatable bonds is 31. The fraction of sp³-hybridized carbons (Fsp3) is 0.973. The Hall–Kier alpha value is -0.850. The fourth-order valence-electron chi connectivity index (χ4n) is 6.36. The van der Waals surface area contributed by atoms with Gasteiger partial charge in [-0.2, -0.15) is 0 Å². The van der Waals surface area contributed by atoms with E-state index in [4.69, 9.17) is 9.47 Å². The fourth-order valence-corrected chi connectivity index (χ4v) is 6.36. The maximum absolute atomic E-state index is 12.7. The molecule has 0 unspecified atom stereocenters. The number of ether oxygens (including phenoxy) is 2. The molecule has 0 aromatic rings. The van der Waals surface area contributed by atoms with Gasteiger partial charge in [0.05, 0.1) is 25.4 Å². The van der Waals surface area contributed by atoms with E-state index in [1.807, 2.05) is 6.92 Å². The molecular weight excluding hydrogens is 602 g/mol. The first-order chi connectivity index (χ1) is 22.8. The van der Waals surface area contributed by atoms with Crippen molar-refractivity contribution >= 4 is 5.91 Å². The normalized spacial score (nSPS) is 23.4. The smallest absolute Gasteiger partial charge is 0.220 e. The average Bonchev–Trinajstić information content (AvgIpc) is 3.06.